The van der Waals surface area contributed by atoms with Gasteiger partial charge in [0.2, 0.25) is 0 Å². The number of thioether (sulfide) groups is 1. The van der Waals surface area contributed by atoms with Crippen molar-refractivity contribution in [3.63, 3.8) is 0 Å². The minimum absolute atomic E-state index is 0.0550. The highest BCUT2D eigenvalue weighted by Crippen LogP contribution is 2.40. The molecule has 1 unspecified atom stereocenters. The second-order valence-corrected chi connectivity index (χ2v) is 9.82. The van der Waals surface area contributed by atoms with Crippen molar-refractivity contribution in [2.45, 2.75) is 52.0 Å². The third kappa shape index (κ3) is 3.78. The molecule has 1 atom stereocenters. The second-order valence-electron chi connectivity index (χ2n) is 7.77. The van der Waals surface area contributed by atoms with Crippen molar-refractivity contribution in [3.05, 3.63) is 39.3 Å². The second kappa shape index (κ2) is 8.51. The number of ketones is 1. The van der Waals surface area contributed by atoms with Crippen LogP contribution in [-0.2, 0) is 17.6 Å². The number of thiophene rings is 1. The van der Waals surface area contributed by atoms with Gasteiger partial charge in [-0.15, -0.1) is 11.3 Å². The van der Waals surface area contributed by atoms with Crippen molar-refractivity contribution in [1.82, 2.24) is 15.0 Å². The topological polar surface area (TPSA) is 84.9 Å². The summed E-state index contributed by atoms with van der Waals surface area (Å²) in [6, 6.07) is 0. The number of H-pyrrole nitrogens is 1. The predicted octanol–water partition coefficient (Wildman–Crippen LogP) is 4.91. The van der Waals surface area contributed by atoms with Crippen molar-refractivity contribution in [3.8, 4) is 0 Å². The fourth-order valence-corrected chi connectivity index (χ4v) is 6.41. The minimum Gasteiger partial charge on any atom is -0.462 e. The van der Waals surface area contributed by atoms with E-state index in [2.05, 4.69) is 21.9 Å². The standard InChI is InChI=1S/C22H25N3O3S2/c1-5-28-22(27)17-12(3)19(25-13(17)4)15(26)9-29-20-18-14-7-6-11(2)8-16(14)30-21(18)24-10-23-20/h10-11,25H,5-9H2,1-4H3. The van der Waals surface area contributed by atoms with Crippen LogP contribution in [0.5, 0.6) is 0 Å². The number of ether oxygens (including phenoxy) is 1. The highest BCUT2D eigenvalue weighted by Gasteiger charge is 2.25. The van der Waals surface area contributed by atoms with Crippen LogP contribution in [0, 0.1) is 19.8 Å². The Bertz CT molecular complexity index is 1130. The molecule has 0 fully saturated rings. The van der Waals surface area contributed by atoms with Gasteiger partial charge in [0.15, 0.2) is 5.78 Å². The summed E-state index contributed by atoms with van der Waals surface area (Å²) in [6.07, 6.45) is 4.90. The number of rotatable bonds is 6. The summed E-state index contributed by atoms with van der Waals surface area (Å²) in [5.41, 5.74) is 3.58. The number of Topliss-reactive ketones (excluding diaryl/α,β-unsaturated/α-hetero) is 1. The van der Waals surface area contributed by atoms with Crippen molar-refractivity contribution >= 4 is 45.1 Å². The largest absolute Gasteiger partial charge is 0.462 e. The molecule has 0 aliphatic heterocycles. The zero-order valence-electron chi connectivity index (χ0n) is 17.6. The van der Waals surface area contributed by atoms with Gasteiger partial charge in [-0.2, -0.15) is 0 Å². The number of carbonyl (C=O) groups excluding carboxylic acids is 2. The average molecular weight is 444 g/mol. The third-order valence-electron chi connectivity index (χ3n) is 5.59. The van der Waals surface area contributed by atoms with Gasteiger partial charge in [0.1, 0.15) is 16.2 Å². The smallest absolute Gasteiger partial charge is 0.340 e. The molecule has 0 aromatic carbocycles. The van der Waals surface area contributed by atoms with Gasteiger partial charge in [0, 0.05) is 16.0 Å². The summed E-state index contributed by atoms with van der Waals surface area (Å²) in [4.78, 5) is 39.6. The number of nitrogens with zero attached hydrogens (tertiary/aromatic N) is 2. The lowest BCUT2D eigenvalue weighted by Gasteiger charge is -2.18. The predicted molar refractivity (Wildman–Crippen MR) is 120 cm³/mol. The molecule has 0 radical (unpaired) electrons. The van der Waals surface area contributed by atoms with Gasteiger partial charge in [-0.1, -0.05) is 18.7 Å². The van der Waals surface area contributed by atoms with E-state index in [9.17, 15) is 9.59 Å². The fraction of sp³-hybridized carbons (Fsp3) is 0.455. The molecule has 0 saturated carbocycles. The first-order valence-corrected chi connectivity index (χ1v) is 12.0. The maximum absolute atomic E-state index is 12.9. The van der Waals surface area contributed by atoms with Crippen molar-refractivity contribution in [1.29, 1.82) is 0 Å². The van der Waals surface area contributed by atoms with Crippen LogP contribution in [0.2, 0.25) is 0 Å². The quantitative estimate of drug-likeness (QED) is 0.252. The number of carbonyl (C=O) groups is 2. The molecule has 0 amide bonds. The van der Waals surface area contributed by atoms with Gasteiger partial charge in [0.05, 0.1) is 23.6 Å². The molecule has 0 spiro atoms. The Balaban J connectivity index is 1.57. The first-order chi connectivity index (χ1) is 14.4. The van der Waals surface area contributed by atoms with Crippen LogP contribution in [0.25, 0.3) is 10.2 Å². The third-order valence-corrected chi connectivity index (χ3v) is 7.74. The van der Waals surface area contributed by atoms with E-state index in [0.717, 1.165) is 28.1 Å². The van der Waals surface area contributed by atoms with E-state index in [1.54, 1.807) is 38.4 Å². The summed E-state index contributed by atoms with van der Waals surface area (Å²) in [5.74, 6) is 0.493. The van der Waals surface area contributed by atoms with Crippen molar-refractivity contribution in [2.75, 3.05) is 12.4 Å². The Labute approximate surface area is 183 Å². The molecule has 4 rings (SSSR count). The maximum atomic E-state index is 12.9. The Hall–Kier alpha value is -2.19. The first-order valence-electron chi connectivity index (χ1n) is 10.2. The first kappa shape index (κ1) is 21.1. The number of esters is 1. The Morgan fingerprint density at radius 1 is 1.33 bits per heavy atom. The van der Waals surface area contributed by atoms with Crippen LogP contribution in [-0.4, -0.2) is 39.1 Å². The normalized spacial score (nSPS) is 15.9. The molecular formula is C22H25N3O3S2. The molecular weight excluding hydrogens is 418 g/mol. The zero-order valence-corrected chi connectivity index (χ0v) is 19.3. The van der Waals surface area contributed by atoms with Crippen molar-refractivity contribution < 1.29 is 14.3 Å². The molecule has 3 aromatic rings. The summed E-state index contributed by atoms with van der Waals surface area (Å²) < 4.78 is 5.12. The van der Waals surface area contributed by atoms with E-state index in [1.807, 2.05) is 0 Å². The van der Waals surface area contributed by atoms with Crippen LogP contribution in [0.3, 0.4) is 0 Å². The lowest BCUT2D eigenvalue weighted by Crippen LogP contribution is -2.09. The number of hydrogen-bond donors (Lipinski definition) is 1. The number of aromatic amines is 1. The minimum atomic E-state index is -0.396. The number of hydrogen-bond acceptors (Lipinski definition) is 7. The summed E-state index contributed by atoms with van der Waals surface area (Å²) in [7, 11) is 0. The highest BCUT2D eigenvalue weighted by molar-refractivity contribution is 8.00. The highest BCUT2D eigenvalue weighted by atomic mass is 32.2. The molecule has 6 nitrogen and oxygen atoms in total. The Morgan fingerprint density at radius 3 is 2.90 bits per heavy atom. The van der Waals surface area contributed by atoms with E-state index in [1.165, 1.54) is 28.6 Å². The number of aromatic nitrogens is 3. The SMILES string of the molecule is CCOC(=O)c1c(C)[nH]c(C(=O)CSc2ncnc3sc4c(c23)CCC(C)C4)c1C. The van der Waals surface area contributed by atoms with E-state index in [0.29, 0.717) is 35.0 Å². The molecule has 1 aliphatic rings. The number of nitrogens with one attached hydrogen (secondary N) is 1. The number of fused-ring (bicyclic) bond motifs is 3. The van der Waals surface area contributed by atoms with Gasteiger partial charge in [0.25, 0.3) is 0 Å². The van der Waals surface area contributed by atoms with E-state index >= 15 is 0 Å². The van der Waals surface area contributed by atoms with Gasteiger partial charge in [-0.3, -0.25) is 4.79 Å². The van der Waals surface area contributed by atoms with Crippen molar-refractivity contribution in [2.24, 2.45) is 5.92 Å². The molecule has 0 saturated heterocycles. The van der Waals surface area contributed by atoms with Crippen LogP contribution in [0.15, 0.2) is 11.4 Å². The van der Waals surface area contributed by atoms with Crippen LogP contribution < -0.4 is 0 Å². The zero-order chi connectivity index (χ0) is 21.4. The van der Waals surface area contributed by atoms with Crippen LogP contribution in [0.1, 0.15) is 62.8 Å². The van der Waals surface area contributed by atoms with Gasteiger partial charge < -0.3 is 9.72 Å². The average Bonchev–Trinajstić information content (AvgIpc) is 3.22. The molecule has 30 heavy (non-hydrogen) atoms. The monoisotopic (exact) mass is 443 g/mol. The summed E-state index contributed by atoms with van der Waals surface area (Å²) in [6.45, 7) is 7.93. The van der Waals surface area contributed by atoms with Crippen LogP contribution in [0.4, 0.5) is 0 Å². The Kier molecular flexibility index (Phi) is 5.97. The molecule has 3 aromatic heterocycles. The molecule has 3 heterocycles. The van der Waals surface area contributed by atoms with Crippen LogP contribution >= 0.6 is 23.1 Å². The molecule has 8 heteroatoms. The van der Waals surface area contributed by atoms with E-state index in [-0.39, 0.29) is 11.5 Å². The Morgan fingerprint density at radius 2 is 2.13 bits per heavy atom. The van der Waals surface area contributed by atoms with Gasteiger partial charge in [-0.05, 0) is 57.1 Å². The lowest BCUT2D eigenvalue weighted by molar-refractivity contribution is 0.0525. The molecule has 1 aliphatic carbocycles. The van der Waals surface area contributed by atoms with Gasteiger partial charge in [-0.25, -0.2) is 14.8 Å². The summed E-state index contributed by atoms with van der Waals surface area (Å²) in [5, 5.41) is 1.99. The number of aryl methyl sites for hydroxylation is 2. The van der Waals surface area contributed by atoms with E-state index < -0.39 is 5.97 Å². The molecule has 1 N–H and O–H groups in total. The van der Waals surface area contributed by atoms with E-state index in [4.69, 9.17) is 4.74 Å². The molecule has 0 bridgehead atoms. The van der Waals surface area contributed by atoms with Gasteiger partial charge >= 0.3 is 5.97 Å². The molecule has 158 valence electrons. The fourth-order valence-electron chi connectivity index (χ4n) is 4.10. The lowest BCUT2D eigenvalue weighted by atomic mass is 9.89. The maximum Gasteiger partial charge on any atom is 0.340 e. The summed E-state index contributed by atoms with van der Waals surface area (Å²) >= 11 is 3.20.